The molecule has 0 radical (unpaired) electrons. The van der Waals surface area contributed by atoms with Gasteiger partial charge in [-0.15, -0.1) is 8.31 Å². The summed E-state index contributed by atoms with van der Waals surface area (Å²) in [6, 6.07) is 25.9. The number of hydrogen-bond acceptors (Lipinski definition) is 10. The van der Waals surface area contributed by atoms with Crippen molar-refractivity contribution < 1.29 is 40.0 Å². The third-order valence-electron chi connectivity index (χ3n) is 11.7. The molecule has 0 saturated heterocycles. The van der Waals surface area contributed by atoms with Gasteiger partial charge in [-0.05, 0) is 79.5 Å². The summed E-state index contributed by atoms with van der Waals surface area (Å²) in [5, 5.41) is 12.2. The van der Waals surface area contributed by atoms with Crippen LogP contribution in [-0.4, -0.2) is 68.0 Å². The maximum absolute atomic E-state index is 14.2. The summed E-state index contributed by atoms with van der Waals surface area (Å²) < 4.78 is 66.8. The molecule has 0 spiro atoms. The van der Waals surface area contributed by atoms with Gasteiger partial charge in [-0.25, -0.2) is 5.26 Å². The van der Waals surface area contributed by atoms with Crippen molar-refractivity contribution in [3.8, 4) is 0 Å². The molecule has 316 valence electrons. The number of sulfonamides is 1. The molecule has 14 heteroatoms. The fraction of sp³-hybridized carbons (Fsp3) is 0.400. The van der Waals surface area contributed by atoms with Gasteiger partial charge in [0, 0.05) is 75.6 Å². The van der Waals surface area contributed by atoms with Gasteiger partial charge >= 0.3 is 10.0 Å². The van der Waals surface area contributed by atoms with Gasteiger partial charge in [0.05, 0.1) is 5.75 Å². The van der Waals surface area contributed by atoms with E-state index in [0.717, 1.165) is 70.9 Å². The van der Waals surface area contributed by atoms with Crippen LogP contribution in [0.1, 0.15) is 82.9 Å². The maximum atomic E-state index is 14.2. The van der Waals surface area contributed by atoms with E-state index in [1.807, 2.05) is 42.5 Å². The molecular weight excluding hydrogens is 807 g/mol. The van der Waals surface area contributed by atoms with Crippen molar-refractivity contribution in [2.75, 3.05) is 41.4 Å². The lowest BCUT2D eigenvalue weighted by atomic mass is 9.83. The van der Waals surface area contributed by atoms with Crippen LogP contribution < -0.4 is 9.80 Å². The van der Waals surface area contributed by atoms with E-state index in [9.17, 15) is 21.4 Å². The number of rotatable bonds is 17. The quantitative estimate of drug-likeness (QED) is 0.0336. The topological polar surface area (TPSA) is 137 Å². The van der Waals surface area contributed by atoms with Crippen molar-refractivity contribution in [2.24, 2.45) is 0 Å². The van der Waals surface area contributed by atoms with Gasteiger partial charge in [-0.2, -0.15) is 16.8 Å². The summed E-state index contributed by atoms with van der Waals surface area (Å²) in [6.45, 7) is 10.1. The molecule has 1 saturated carbocycles. The summed E-state index contributed by atoms with van der Waals surface area (Å²) in [4.78, 5) is 4.58. The molecule has 3 aliphatic rings. The molecular formula is C45H56N3O8S3+. The molecule has 0 bridgehead atoms. The van der Waals surface area contributed by atoms with Crippen LogP contribution in [0, 0.1) is 0 Å². The largest absolute Gasteiger partial charge is 0.368 e. The monoisotopic (exact) mass is 862 g/mol. The van der Waals surface area contributed by atoms with Crippen LogP contribution in [0.4, 0.5) is 11.4 Å². The summed E-state index contributed by atoms with van der Waals surface area (Å²) >= 11 is 1.06. The van der Waals surface area contributed by atoms with Crippen LogP contribution in [0.5, 0.6) is 0 Å². The highest BCUT2D eigenvalue weighted by Crippen LogP contribution is 2.49. The number of hydrogen-bond donors (Lipinski definition) is 2. The molecule has 2 heterocycles. The molecule has 3 aromatic carbocycles. The minimum Gasteiger partial charge on any atom is -0.344 e. The van der Waals surface area contributed by atoms with E-state index in [-0.39, 0.29) is 22.3 Å². The smallest absolute Gasteiger partial charge is 0.344 e. The molecule has 0 unspecified atom stereocenters. The zero-order chi connectivity index (χ0) is 42.4. The van der Waals surface area contributed by atoms with Gasteiger partial charge in [0.25, 0.3) is 10.1 Å². The molecule has 59 heavy (non-hydrogen) atoms. The Labute approximate surface area is 354 Å². The number of para-hydroxylation sites is 2. The second-order valence-corrected chi connectivity index (χ2v) is 20.7. The number of fused-ring (bicyclic) bond motifs is 2. The molecule has 1 fully saturated rings. The predicted octanol–water partition coefficient (Wildman–Crippen LogP) is 9.13. The minimum atomic E-state index is -4.06. The van der Waals surface area contributed by atoms with Crippen molar-refractivity contribution in [1.29, 1.82) is 0 Å². The summed E-state index contributed by atoms with van der Waals surface area (Å²) in [7, 11) is -6.20. The van der Waals surface area contributed by atoms with Crippen LogP contribution in [0.15, 0.2) is 126 Å². The van der Waals surface area contributed by atoms with Crippen LogP contribution >= 0.6 is 12.0 Å². The maximum Gasteiger partial charge on any atom is 0.368 e. The van der Waals surface area contributed by atoms with Crippen molar-refractivity contribution in [3.63, 3.8) is 0 Å². The third kappa shape index (κ3) is 10.1. The number of unbranched alkanes of at least 4 members (excludes halogenated alkanes) is 2. The lowest BCUT2D eigenvalue weighted by Gasteiger charge is -2.27. The first-order valence-corrected chi connectivity index (χ1v) is 24.2. The highest BCUT2D eigenvalue weighted by Gasteiger charge is 2.41. The van der Waals surface area contributed by atoms with Gasteiger partial charge < -0.3 is 9.80 Å². The Hall–Kier alpha value is -4.02. The minimum absolute atomic E-state index is 0.139. The molecule has 11 nitrogen and oxygen atoms in total. The van der Waals surface area contributed by atoms with Crippen molar-refractivity contribution in [1.82, 2.24) is 0 Å². The first-order chi connectivity index (χ1) is 28.1. The second kappa shape index (κ2) is 18.7. The average molecular weight is 863 g/mol. The normalized spacial score (nSPS) is 20.9. The summed E-state index contributed by atoms with van der Waals surface area (Å²) in [5.41, 5.74) is 9.27. The van der Waals surface area contributed by atoms with Gasteiger partial charge in [0.1, 0.15) is 5.75 Å². The molecule has 0 atom stereocenters. The standard InChI is InChI=1S/C45H55N3O8S3/c1-44(2)37-19-9-11-21-39(37)47(29-13-15-31-57-56-55-49)41(44)27-25-35-23-24-36(43(35)46(5)58(50,51)33-34-17-7-6-8-18-34)26-28-42-45(3,4)38-20-10-12-22-40(38)48(42)30-14-16-32-59(52,53)54/h6-12,17-22,25-28H,13-16,23-24,29-33H2,1-5H3,(H-,49,52,53,54)/p+1. The van der Waals surface area contributed by atoms with E-state index in [2.05, 4.69) is 108 Å². The molecule has 2 N–H and O–H groups in total. The first kappa shape index (κ1) is 44.5. The highest BCUT2D eigenvalue weighted by atomic mass is 32.2. The lowest BCUT2D eigenvalue weighted by molar-refractivity contribution is -0.432. The molecule has 6 rings (SSSR count). The molecule has 1 aliphatic carbocycles. The first-order valence-electron chi connectivity index (χ1n) is 20.1. The van der Waals surface area contributed by atoms with Gasteiger partial charge in [-0.1, -0.05) is 112 Å². The molecule has 2 aliphatic heterocycles. The van der Waals surface area contributed by atoms with E-state index in [0.29, 0.717) is 49.3 Å². The van der Waals surface area contributed by atoms with E-state index in [1.54, 1.807) is 7.05 Å². The van der Waals surface area contributed by atoms with Gasteiger partial charge in [0.15, 0.2) is 7.05 Å². The molecule has 0 amide bonds. The predicted molar refractivity (Wildman–Crippen MR) is 238 cm³/mol. The van der Waals surface area contributed by atoms with Crippen molar-refractivity contribution in [2.45, 2.75) is 82.8 Å². The zero-order valence-corrected chi connectivity index (χ0v) is 37.0. The Morgan fingerprint density at radius 3 is 1.71 bits per heavy atom. The Bertz CT molecular complexity index is 2380. The van der Waals surface area contributed by atoms with E-state index < -0.39 is 20.1 Å². The summed E-state index contributed by atoms with van der Waals surface area (Å²) in [6.07, 6.45) is 12.3. The molecule has 0 aromatic heterocycles. The fourth-order valence-electron chi connectivity index (χ4n) is 8.63. The SMILES string of the molecule is C[N+](=C1C(=CC=C2N(CCCCSOOO)c3ccccc3C2(C)C)CCC1=CC=C1N(CCCCS(=O)(=O)O)c2ccccc2C1(C)C)S(=O)(=O)Cc1ccccc1. The van der Waals surface area contributed by atoms with Crippen LogP contribution in [0.2, 0.25) is 0 Å². The van der Waals surface area contributed by atoms with E-state index in [4.69, 9.17) is 5.26 Å². The zero-order valence-electron chi connectivity index (χ0n) is 34.5. The number of nitrogens with zero attached hydrogens (tertiary/aromatic N) is 3. The van der Waals surface area contributed by atoms with Gasteiger partial charge in [-0.3, -0.25) is 4.55 Å². The fourth-order valence-corrected chi connectivity index (χ4v) is 10.9. The second-order valence-electron chi connectivity index (χ2n) is 16.3. The Morgan fingerprint density at radius 1 is 0.712 bits per heavy atom. The Morgan fingerprint density at radius 2 is 1.20 bits per heavy atom. The average Bonchev–Trinajstić information content (AvgIpc) is 3.77. The Kier molecular flexibility index (Phi) is 14.1. The molecule has 3 aromatic rings. The van der Waals surface area contributed by atoms with Crippen LogP contribution in [0.25, 0.3) is 0 Å². The van der Waals surface area contributed by atoms with E-state index in [1.165, 1.54) is 9.54 Å². The summed E-state index contributed by atoms with van der Waals surface area (Å²) in [5.74, 6) is 0.227. The number of anilines is 2. The lowest BCUT2D eigenvalue weighted by Crippen LogP contribution is -2.28. The van der Waals surface area contributed by atoms with Crippen molar-refractivity contribution >= 4 is 49.3 Å². The number of allylic oxidation sites excluding steroid dienone is 8. The van der Waals surface area contributed by atoms with E-state index >= 15 is 0 Å². The van der Waals surface area contributed by atoms with Crippen molar-refractivity contribution in [3.05, 3.63) is 142 Å². The van der Waals surface area contributed by atoms with Crippen LogP contribution in [0.3, 0.4) is 0 Å². The van der Waals surface area contributed by atoms with Gasteiger partial charge in [0.2, 0.25) is 5.71 Å². The highest BCUT2D eigenvalue weighted by molar-refractivity contribution is 7.94. The van der Waals surface area contributed by atoms with Crippen LogP contribution in [-0.2, 0) is 46.1 Å². The number of benzene rings is 3. The third-order valence-corrected chi connectivity index (χ3v) is 14.8. The Balaban J connectivity index is 1.41.